The van der Waals surface area contributed by atoms with Gasteiger partial charge in [0.25, 0.3) is 10.2 Å². The van der Waals surface area contributed by atoms with Gasteiger partial charge in [0.05, 0.1) is 6.04 Å². The summed E-state index contributed by atoms with van der Waals surface area (Å²) >= 11 is 0. The van der Waals surface area contributed by atoms with Crippen LogP contribution in [0, 0.1) is 0 Å². The molecule has 2 aromatic rings. The van der Waals surface area contributed by atoms with Crippen molar-refractivity contribution in [2.24, 2.45) is 0 Å². The van der Waals surface area contributed by atoms with Gasteiger partial charge >= 0.3 is 0 Å². The minimum absolute atomic E-state index is 0.412. The third kappa shape index (κ3) is 2.55. The lowest BCUT2D eigenvalue weighted by Gasteiger charge is -2.16. The summed E-state index contributed by atoms with van der Waals surface area (Å²) in [6, 6.07) is 9.00. The van der Waals surface area contributed by atoms with Crippen LogP contribution in [-0.2, 0) is 10.2 Å². The molecule has 98 valence electrons. The van der Waals surface area contributed by atoms with Crippen LogP contribution in [0.25, 0.3) is 11.0 Å². The third-order valence-electron chi connectivity index (χ3n) is 2.68. The van der Waals surface area contributed by atoms with Gasteiger partial charge in [0.2, 0.25) is 0 Å². The smallest absolute Gasteiger partial charge is 0.279 e. The van der Waals surface area contributed by atoms with Gasteiger partial charge in [-0.3, -0.25) is 0 Å². The van der Waals surface area contributed by atoms with E-state index in [4.69, 9.17) is 4.42 Å². The molecule has 0 saturated carbocycles. The fourth-order valence-electron chi connectivity index (χ4n) is 1.60. The molecule has 1 atom stereocenters. The first-order valence-electron chi connectivity index (χ1n) is 5.58. The van der Waals surface area contributed by atoms with Crippen LogP contribution >= 0.6 is 0 Å². The zero-order chi connectivity index (χ0) is 13.3. The second-order valence-electron chi connectivity index (χ2n) is 4.31. The molecule has 0 amide bonds. The van der Waals surface area contributed by atoms with Gasteiger partial charge < -0.3 is 4.42 Å². The van der Waals surface area contributed by atoms with Crippen molar-refractivity contribution >= 4 is 21.2 Å². The molecule has 1 heterocycles. The molecule has 1 N–H and O–H groups in total. The van der Waals surface area contributed by atoms with E-state index in [9.17, 15) is 8.42 Å². The molecule has 0 spiro atoms. The van der Waals surface area contributed by atoms with Gasteiger partial charge in [0.1, 0.15) is 11.3 Å². The average Bonchev–Trinajstić information content (AvgIpc) is 2.71. The highest BCUT2D eigenvalue weighted by Gasteiger charge is 2.20. The molecule has 0 aliphatic heterocycles. The van der Waals surface area contributed by atoms with Crippen LogP contribution in [0.5, 0.6) is 0 Å². The van der Waals surface area contributed by atoms with Crippen molar-refractivity contribution < 1.29 is 12.8 Å². The molecular formula is C12H16N2O3S. The molecule has 0 bridgehead atoms. The van der Waals surface area contributed by atoms with E-state index in [-0.39, 0.29) is 0 Å². The zero-order valence-corrected chi connectivity index (χ0v) is 11.4. The maximum atomic E-state index is 11.7. The monoisotopic (exact) mass is 268 g/mol. The normalized spacial score (nSPS) is 14.2. The van der Waals surface area contributed by atoms with Gasteiger partial charge in [0, 0.05) is 19.5 Å². The summed E-state index contributed by atoms with van der Waals surface area (Å²) in [6.45, 7) is 1.75. The number of nitrogens with zero attached hydrogens (tertiary/aromatic N) is 1. The molecule has 0 saturated heterocycles. The number of rotatable bonds is 4. The molecule has 0 fully saturated rings. The van der Waals surface area contributed by atoms with Crippen molar-refractivity contribution in [3.05, 3.63) is 36.1 Å². The molecule has 6 heteroatoms. The van der Waals surface area contributed by atoms with Crippen LogP contribution < -0.4 is 4.72 Å². The minimum atomic E-state index is -3.46. The maximum absolute atomic E-state index is 11.7. The summed E-state index contributed by atoms with van der Waals surface area (Å²) in [4.78, 5) is 0. The van der Waals surface area contributed by atoms with Gasteiger partial charge in [-0.1, -0.05) is 18.2 Å². The average molecular weight is 268 g/mol. The predicted molar refractivity (Wildman–Crippen MR) is 70.4 cm³/mol. The van der Waals surface area contributed by atoms with E-state index < -0.39 is 16.3 Å². The minimum Gasteiger partial charge on any atom is -0.459 e. The molecule has 0 radical (unpaired) electrons. The molecule has 18 heavy (non-hydrogen) atoms. The van der Waals surface area contributed by atoms with E-state index in [2.05, 4.69) is 4.72 Å². The summed E-state index contributed by atoms with van der Waals surface area (Å²) < 4.78 is 32.7. The fourth-order valence-corrected chi connectivity index (χ4v) is 2.38. The summed E-state index contributed by atoms with van der Waals surface area (Å²) in [7, 11) is -0.500. The Kier molecular flexibility index (Phi) is 3.43. The van der Waals surface area contributed by atoms with Crippen molar-refractivity contribution in [2.45, 2.75) is 13.0 Å². The summed E-state index contributed by atoms with van der Waals surface area (Å²) in [5.41, 5.74) is 0.753. The Bertz CT molecular complexity index is 613. The quantitative estimate of drug-likeness (QED) is 0.921. The highest BCUT2D eigenvalue weighted by molar-refractivity contribution is 7.87. The number of para-hydroxylation sites is 1. The number of hydrogen-bond acceptors (Lipinski definition) is 3. The largest absolute Gasteiger partial charge is 0.459 e. The summed E-state index contributed by atoms with van der Waals surface area (Å²) in [5, 5.41) is 0.961. The highest BCUT2D eigenvalue weighted by Crippen LogP contribution is 2.23. The molecule has 1 aromatic carbocycles. The van der Waals surface area contributed by atoms with Gasteiger partial charge in [0.15, 0.2) is 0 Å². The third-order valence-corrected chi connectivity index (χ3v) is 4.29. The number of benzene rings is 1. The van der Waals surface area contributed by atoms with Crippen LogP contribution in [0.4, 0.5) is 0 Å². The number of fused-ring (bicyclic) bond motifs is 1. The Hall–Kier alpha value is -1.37. The molecule has 0 aliphatic rings. The number of nitrogens with one attached hydrogen (secondary N) is 1. The van der Waals surface area contributed by atoms with Gasteiger partial charge in [-0.05, 0) is 19.1 Å². The predicted octanol–water partition coefficient (Wildman–Crippen LogP) is 1.89. The second-order valence-corrected chi connectivity index (χ2v) is 6.23. The summed E-state index contributed by atoms with van der Waals surface area (Å²) in [6.07, 6.45) is 0. The Morgan fingerprint density at radius 3 is 2.56 bits per heavy atom. The molecule has 2 rings (SSSR count). The zero-order valence-electron chi connectivity index (χ0n) is 10.5. The number of furan rings is 1. The van der Waals surface area contributed by atoms with E-state index >= 15 is 0 Å². The second kappa shape index (κ2) is 4.72. The molecule has 1 aromatic heterocycles. The topological polar surface area (TPSA) is 62.6 Å². The first-order chi connectivity index (χ1) is 8.40. The van der Waals surface area contributed by atoms with Crippen molar-refractivity contribution in [1.29, 1.82) is 0 Å². The molecule has 0 aliphatic carbocycles. The molecular weight excluding hydrogens is 252 g/mol. The Labute approximate surface area is 107 Å². The Balaban J connectivity index is 2.26. The van der Waals surface area contributed by atoms with Crippen molar-refractivity contribution in [1.82, 2.24) is 9.03 Å². The van der Waals surface area contributed by atoms with Gasteiger partial charge in [-0.2, -0.15) is 17.4 Å². The Morgan fingerprint density at radius 1 is 1.28 bits per heavy atom. The van der Waals surface area contributed by atoms with Crippen LogP contribution in [-0.4, -0.2) is 26.8 Å². The Morgan fingerprint density at radius 2 is 1.94 bits per heavy atom. The highest BCUT2D eigenvalue weighted by atomic mass is 32.2. The van der Waals surface area contributed by atoms with Crippen LogP contribution in [0.2, 0.25) is 0 Å². The maximum Gasteiger partial charge on any atom is 0.279 e. The number of hydrogen-bond donors (Lipinski definition) is 1. The molecule has 5 nitrogen and oxygen atoms in total. The van der Waals surface area contributed by atoms with Gasteiger partial charge in [-0.15, -0.1) is 0 Å². The van der Waals surface area contributed by atoms with E-state index in [0.29, 0.717) is 5.76 Å². The lowest BCUT2D eigenvalue weighted by Crippen LogP contribution is -2.37. The van der Waals surface area contributed by atoms with Crippen LogP contribution in [0.3, 0.4) is 0 Å². The lowest BCUT2D eigenvalue weighted by molar-refractivity contribution is 0.459. The van der Waals surface area contributed by atoms with E-state index in [1.807, 2.05) is 30.3 Å². The van der Waals surface area contributed by atoms with Crippen LogP contribution in [0.15, 0.2) is 34.7 Å². The molecule has 1 unspecified atom stereocenters. The van der Waals surface area contributed by atoms with Crippen molar-refractivity contribution in [3.63, 3.8) is 0 Å². The first kappa shape index (κ1) is 13.1. The SMILES string of the molecule is CC(NS(=O)(=O)N(C)C)c1cc2ccccc2o1. The van der Waals surface area contributed by atoms with Crippen molar-refractivity contribution in [3.8, 4) is 0 Å². The first-order valence-corrected chi connectivity index (χ1v) is 7.02. The van der Waals surface area contributed by atoms with E-state index in [1.54, 1.807) is 6.92 Å². The standard InChI is InChI=1S/C12H16N2O3S/c1-9(13-18(15,16)14(2)3)12-8-10-6-4-5-7-11(10)17-12/h4-9,13H,1-3H3. The fraction of sp³-hybridized carbons (Fsp3) is 0.333. The lowest BCUT2D eigenvalue weighted by atomic mass is 10.2. The summed E-state index contributed by atoms with van der Waals surface area (Å²) in [5.74, 6) is 0.599. The van der Waals surface area contributed by atoms with Crippen LogP contribution in [0.1, 0.15) is 18.7 Å². The van der Waals surface area contributed by atoms with Gasteiger partial charge in [-0.25, -0.2) is 0 Å². The van der Waals surface area contributed by atoms with E-state index in [0.717, 1.165) is 15.3 Å². The van der Waals surface area contributed by atoms with Crippen molar-refractivity contribution in [2.75, 3.05) is 14.1 Å². The van der Waals surface area contributed by atoms with E-state index in [1.165, 1.54) is 14.1 Å².